The van der Waals surface area contributed by atoms with Gasteiger partial charge in [0.15, 0.2) is 0 Å². The van der Waals surface area contributed by atoms with Gasteiger partial charge in [0, 0.05) is 15.4 Å². The molecule has 0 unspecified atom stereocenters. The number of hydrogen-bond donors (Lipinski definition) is 1. The van der Waals surface area contributed by atoms with Crippen LogP contribution in [0.15, 0.2) is 27.0 Å². The molecule has 0 aromatic carbocycles. The van der Waals surface area contributed by atoms with Crippen molar-refractivity contribution >= 4 is 43.2 Å². The highest BCUT2D eigenvalue weighted by Crippen LogP contribution is 2.35. The smallest absolute Gasteiger partial charge is 0.0843 e. The van der Waals surface area contributed by atoms with E-state index < -0.39 is 0 Å². The maximum atomic E-state index is 5.98. The lowest BCUT2D eigenvalue weighted by molar-refractivity contribution is 0.672. The Hall–Kier alpha value is 0.360. The summed E-state index contributed by atoms with van der Waals surface area (Å²) in [6, 6.07) is 2.20. The fourth-order valence-corrected chi connectivity index (χ4v) is 3.11. The molecule has 1 nitrogen and oxygen atoms in total. The number of rotatable bonds is 4. The van der Waals surface area contributed by atoms with Crippen LogP contribution in [-0.4, -0.2) is 0 Å². The molecular formula is C9H11Br2NS. The molecule has 0 aliphatic heterocycles. The van der Waals surface area contributed by atoms with E-state index in [4.69, 9.17) is 5.73 Å². The van der Waals surface area contributed by atoms with Crippen molar-refractivity contribution in [1.29, 1.82) is 0 Å². The van der Waals surface area contributed by atoms with Crippen LogP contribution >= 0.6 is 43.2 Å². The SMILES string of the molecule is C=CCC[C@@H](N)c1cc(Br)c(Br)s1. The van der Waals surface area contributed by atoms with Crippen LogP contribution in [0.2, 0.25) is 0 Å². The van der Waals surface area contributed by atoms with Gasteiger partial charge < -0.3 is 5.73 Å². The Labute approximate surface area is 99.3 Å². The van der Waals surface area contributed by atoms with Gasteiger partial charge in [-0.25, -0.2) is 0 Å². The highest BCUT2D eigenvalue weighted by atomic mass is 79.9. The largest absolute Gasteiger partial charge is 0.323 e. The summed E-state index contributed by atoms with van der Waals surface area (Å²) in [5.41, 5.74) is 5.98. The normalized spacial score (nSPS) is 12.8. The molecule has 1 heterocycles. The van der Waals surface area contributed by atoms with E-state index in [1.807, 2.05) is 6.08 Å². The Morgan fingerprint density at radius 2 is 2.31 bits per heavy atom. The van der Waals surface area contributed by atoms with Gasteiger partial charge in [0.25, 0.3) is 0 Å². The molecule has 1 atom stereocenters. The zero-order chi connectivity index (χ0) is 9.84. The summed E-state index contributed by atoms with van der Waals surface area (Å²) >= 11 is 8.57. The van der Waals surface area contributed by atoms with E-state index in [2.05, 4.69) is 44.5 Å². The van der Waals surface area contributed by atoms with Crippen molar-refractivity contribution in [3.63, 3.8) is 0 Å². The molecule has 0 amide bonds. The number of allylic oxidation sites excluding steroid dienone is 1. The molecule has 0 bridgehead atoms. The number of hydrogen-bond acceptors (Lipinski definition) is 2. The van der Waals surface area contributed by atoms with E-state index in [1.54, 1.807) is 11.3 Å². The van der Waals surface area contributed by atoms with Crippen LogP contribution in [0.5, 0.6) is 0 Å². The first kappa shape index (κ1) is 11.4. The number of halogens is 2. The van der Waals surface area contributed by atoms with Crippen molar-refractivity contribution in [3.05, 3.63) is 31.9 Å². The molecule has 0 spiro atoms. The molecule has 0 aliphatic rings. The summed E-state index contributed by atoms with van der Waals surface area (Å²) in [5.74, 6) is 0. The summed E-state index contributed by atoms with van der Waals surface area (Å²) in [7, 11) is 0. The molecule has 4 heteroatoms. The predicted octanol–water partition coefficient (Wildman–Crippen LogP) is 4.24. The average molecular weight is 325 g/mol. The van der Waals surface area contributed by atoms with Crippen molar-refractivity contribution in [3.8, 4) is 0 Å². The molecule has 0 saturated carbocycles. The van der Waals surface area contributed by atoms with Crippen LogP contribution in [0.25, 0.3) is 0 Å². The van der Waals surface area contributed by atoms with Gasteiger partial charge in [-0.3, -0.25) is 0 Å². The van der Waals surface area contributed by atoms with Crippen LogP contribution in [0, 0.1) is 0 Å². The van der Waals surface area contributed by atoms with Crippen molar-refractivity contribution in [1.82, 2.24) is 0 Å². The van der Waals surface area contributed by atoms with E-state index in [-0.39, 0.29) is 6.04 Å². The van der Waals surface area contributed by atoms with Crippen LogP contribution in [-0.2, 0) is 0 Å². The first-order valence-electron chi connectivity index (χ1n) is 3.96. The van der Waals surface area contributed by atoms with Crippen LogP contribution in [0.3, 0.4) is 0 Å². The fourth-order valence-electron chi connectivity index (χ4n) is 0.986. The van der Waals surface area contributed by atoms with Crippen LogP contribution < -0.4 is 5.73 Å². The Balaban J connectivity index is 2.65. The molecule has 1 rings (SSSR count). The lowest BCUT2D eigenvalue weighted by Gasteiger charge is -2.06. The predicted molar refractivity (Wildman–Crippen MR) is 66.1 cm³/mol. The summed E-state index contributed by atoms with van der Waals surface area (Å²) in [5, 5.41) is 0. The summed E-state index contributed by atoms with van der Waals surface area (Å²) < 4.78 is 2.19. The third kappa shape index (κ3) is 3.20. The van der Waals surface area contributed by atoms with Gasteiger partial charge in [-0.15, -0.1) is 17.9 Å². The number of thiophene rings is 1. The zero-order valence-corrected chi connectivity index (χ0v) is 11.1. The lowest BCUT2D eigenvalue weighted by atomic mass is 10.1. The quantitative estimate of drug-likeness (QED) is 0.824. The van der Waals surface area contributed by atoms with Gasteiger partial charge in [0.1, 0.15) is 0 Å². The van der Waals surface area contributed by atoms with Crippen LogP contribution in [0.4, 0.5) is 0 Å². The first-order valence-corrected chi connectivity index (χ1v) is 6.36. The molecular weight excluding hydrogens is 314 g/mol. The Bertz CT molecular complexity index is 276. The third-order valence-corrected chi connectivity index (χ3v) is 5.10. The van der Waals surface area contributed by atoms with Gasteiger partial charge in [-0.05, 0) is 50.8 Å². The highest BCUT2D eigenvalue weighted by molar-refractivity contribution is 9.13. The Morgan fingerprint density at radius 3 is 2.77 bits per heavy atom. The van der Waals surface area contributed by atoms with Gasteiger partial charge in [0.2, 0.25) is 0 Å². The minimum absolute atomic E-state index is 0.130. The topological polar surface area (TPSA) is 26.0 Å². The fraction of sp³-hybridized carbons (Fsp3) is 0.333. The number of nitrogens with two attached hydrogens (primary N) is 1. The van der Waals surface area contributed by atoms with Gasteiger partial charge in [-0.2, -0.15) is 0 Å². The molecule has 1 aromatic rings. The van der Waals surface area contributed by atoms with E-state index >= 15 is 0 Å². The summed E-state index contributed by atoms with van der Waals surface area (Å²) in [4.78, 5) is 1.21. The van der Waals surface area contributed by atoms with E-state index in [0.717, 1.165) is 21.1 Å². The Kier molecular flexibility index (Phi) is 4.66. The van der Waals surface area contributed by atoms with E-state index in [0.29, 0.717) is 0 Å². The molecule has 2 N–H and O–H groups in total. The second-order valence-electron chi connectivity index (χ2n) is 2.74. The second-order valence-corrected chi connectivity index (χ2v) is 6.00. The molecule has 72 valence electrons. The zero-order valence-electron chi connectivity index (χ0n) is 7.09. The minimum Gasteiger partial charge on any atom is -0.323 e. The molecule has 13 heavy (non-hydrogen) atoms. The Morgan fingerprint density at radius 1 is 1.62 bits per heavy atom. The summed E-state index contributed by atoms with van der Waals surface area (Å²) in [6.07, 6.45) is 3.83. The van der Waals surface area contributed by atoms with Crippen LogP contribution in [0.1, 0.15) is 23.8 Å². The summed E-state index contributed by atoms with van der Waals surface area (Å²) in [6.45, 7) is 3.68. The molecule has 0 aliphatic carbocycles. The van der Waals surface area contributed by atoms with E-state index in [9.17, 15) is 0 Å². The van der Waals surface area contributed by atoms with Crippen molar-refractivity contribution in [2.45, 2.75) is 18.9 Å². The first-order chi connectivity index (χ1) is 6.15. The molecule has 0 fully saturated rings. The van der Waals surface area contributed by atoms with Crippen molar-refractivity contribution in [2.24, 2.45) is 5.73 Å². The van der Waals surface area contributed by atoms with Gasteiger partial charge in [0.05, 0.1) is 3.79 Å². The minimum atomic E-state index is 0.130. The van der Waals surface area contributed by atoms with Gasteiger partial charge in [-0.1, -0.05) is 6.08 Å². The average Bonchev–Trinajstić information content (AvgIpc) is 2.43. The maximum Gasteiger partial charge on any atom is 0.0843 e. The van der Waals surface area contributed by atoms with E-state index in [1.165, 1.54) is 4.88 Å². The maximum absolute atomic E-state index is 5.98. The standard InChI is InChI=1S/C9H11Br2NS/c1-2-3-4-7(12)8-5-6(10)9(11)13-8/h2,5,7H,1,3-4,12H2/t7-/m1/s1. The molecule has 0 saturated heterocycles. The third-order valence-electron chi connectivity index (χ3n) is 1.71. The lowest BCUT2D eigenvalue weighted by Crippen LogP contribution is -2.07. The van der Waals surface area contributed by atoms with Gasteiger partial charge >= 0.3 is 0 Å². The monoisotopic (exact) mass is 323 g/mol. The van der Waals surface area contributed by atoms with Crippen molar-refractivity contribution < 1.29 is 0 Å². The second kappa shape index (κ2) is 5.29. The molecule has 1 aromatic heterocycles. The highest BCUT2D eigenvalue weighted by Gasteiger charge is 2.10. The van der Waals surface area contributed by atoms with Crippen molar-refractivity contribution in [2.75, 3.05) is 0 Å². The molecule has 0 radical (unpaired) electrons.